The SMILES string of the molecule is CSCCOC(=O)C1=C(C)NC(=O)NC1c1ccc(C)c([N+](=O)[O-])c1. The Hall–Kier alpha value is -2.55. The Bertz CT molecular complexity index is 747. The second-order valence-electron chi connectivity index (χ2n) is 5.50. The van der Waals surface area contributed by atoms with E-state index in [4.69, 9.17) is 4.74 Å². The Balaban J connectivity index is 2.40. The molecule has 8 nitrogen and oxygen atoms in total. The van der Waals surface area contributed by atoms with Crippen LogP contribution in [0.4, 0.5) is 10.5 Å². The van der Waals surface area contributed by atoms with Crippen LogP contribution in [0.1, 0.15) is 24.1 Å². The summed E-state index contributed by atoms with van der Waals surface area (Å²) in [6.45, 7) is 3.46. The number of carbonyl (C=O) groups is 2. The molecule has 134 valence electrons. The first-order valence-electron chi connectivity index (χ1n) is 7.54. The minimum Gasteiger partial charge on any atom is -0.461 e. The molecular weight excluding hydrogens is 346 g/mol. The number of esters is 1. The van der Waals surface area contributed by atoms with Gasteiger partial charge in [-0.1, -0.05) is 12.1 Å². The normalized spacial score (nSPS) is 16.9. The monoisotopic (exact) mass is 365 g/mol. The summed E-state index contributed by atoms with van der Waals surface area (Å²) in [4.78, 5) is 35.0. The molecule has 0 aliphatic carbocycles. The number of thioether (sulfide) groups is 1. The van der Waals surface area contributed by atoms with Gasteiger partial charge in [0, 0.05) is 23.1 Å². The minimum atomic E-state index is -0.810. The minimum absolute atomic E-state index is 0.0713. The van der Waals surface area contributed by atoms with Crippen molar-refractivity contribution < 1.29 is 19.2 Å². The Morgan fingerprint density at radius 2 is 2.12 bits per heavy atom. The van der Waals surface area contributed by atoms with E-state index in [-0.39, 0.29) is 17.9 Å². The second-order valence-corrected chi connectivity index (χ2v) is 6.49. The van der Waals surface area contributed by atoms with Crippen LogP contribution in [0.2, 0.25) is 0 Å². The molecule has 1 aliphatic heterocycles. The van der Waals surface area contributed by atoms with Crippen LogP contribution < -0.4 is 10.6 Å². The first kappa shape index (κ1) is 18.8. The van der Waals surface area contributed by atoms with E-state index in [1.807, 2.05) is 6.26 Å². The van der Waals surface area contributed by atoms with Gasteiger partial charge in [-0.25, -0.2) is 9.59 Å². The van der Waals surface area contributed by atoms with Crippen LogP contribution in [0.15, 0.2) is 29.5 Å². The number of urea groups is 1. The highest BCUT2D eigenvalue weighted by atomic mass is 32.2. The number of aryl methyl sites for hydroxylation is 1. The van der Waals surface area contributed by atoms with E-state index < -0.39 is 23.0 Å². The zero-order valence-electron chi connectivity index (χ0n) is 14.1. The highest BCUT2D eigenvalue weighted by Gasteiger charge is 2.33. The van der Waals surface area contributed by atoms with Gasteiger partial charge < -0.3 is 15.4 Å². The quantitative estimate of drug-likeness (QED) is 0.347. The van der Waals surface area contributed by atoms with Gasteiger partial charge in [0.1, 0.15) is 6.61 Å². The molecule has 0 spiro atoms. The molecular formula is C16H19N3O5S. The lowest BCUT2D eigenvalue weighted by Crippen LogP contribution is -2.45. The molecule has 2 amide bonds. The van der Waals surface area contributed by atoms with Crippen LogP contribution in [0, 0.1) is 17.0 Å². The smallest absolute Gasteiger partial charge is 0.338 e. The topological polar surface area (TPSA) is 111 Å². The van der Waals surface area contributed by atoms with Crippen LogP contribution in [-0.4, -0.2) is 35.5 Å². The van der Waals surface area contributed by atoms with Crippen LogP contribution in [0.25, 0.3) is 0 Å². The zero-order valence-corrected chi connectivity index (χ0v) is 14.9. The summed E-state index contributed by atoms with van der Waals surface area (Å²) < 4.78 is 5.24. The standard InChI is InChI=1S/C16H19N3O5S/c1-9-4-5-11(8-12(9)19(22)23)14-13(10(2)17-16(21)18-14)15(20)24-6-7-25-3/h4-5,8,14H,6-7H2,1-3H3,(H2,17,18,21). The molecule has 0 bridgehead atoms. The maximum absolute atomic E-state index is 12.4. The van der Waals surface area contributed by atoms with Gasteiger partial charge in [-0.2, -0.15) is 11.8 Å². The van der Waals surface area contributed by atoms with Gasteiger partial charge >= 0.3 is 12.0 Å². The fraction of sp³-hybridized carbons (Fsp3) is 0.375. The fourth-order valence-corrected chi connectivity index (χ4v) is 2.76. The lowest BCUT2D eigenvalue weighted by Gasteiger charge is -2.28. The summed E-state index contributed by atoms with van der Waals surface area (Å²) >= 11 is 1.54. The van der Waals surface area contributed by atoms with Gasteiger partial charge in [-0.15, -0.1) is 0 Å². The van der Waals surface area contributed by atoms with E-state index in [0.29, 0.717) is 22.6 Å². The molecule has 2 rings (SSSR count). The van der Waals surface area contributed by atoms with Crippen LogP contribution in [-0.2, 0) is 9.53 Å². The highest BCUT2D eigenvalue weighted by Crippen LogP contribution is 2.31. The Kier molecular flexibility index (Phi) is 6.02. The molecule has 1 aliphatic rings. The van der Waals surface area contributed by atoms with Crippen molar-refractivity contribution in [3.05, 3.63) is 50.7 Å². The summed E-state index contributed by atoms with van der Waals surface area (Å²) in [6.07, 6.45) is 1.90. The number of hydrogen-bond donors (Lipinski definition) is 2. The number of hydrogen-bond acceptors (Lipinski definition) is 6. The van der Waals surface area contributed by atoms with Gasteiger partial charge in [-0.3, -0.25) is 10.1 Å². The molecule has 0 fully saturated rings. The van der Waals surface area contributed by atoms with Gasteiger partial charge in [0.05, 0.1) is 16.5 Å². The molecule has 0 aromatic heterocycles. The number of nitrogens with one attached hydrogen (secondary N) is 2. The van der Waals surface area contributed by atoms with E-state index in [9.17, 15) is 19.7 Å². The number of nitro groups is 1. The van der Waals surface area contributed by atoms with Gasteiger partial charge in [0.15, 0.2) is 0 Å². The summed E-state index contributed by atoms with van der Waals surface area (Å²) in [5, 5.41) is 16.3. The molecule has 9 heteroatoms. The van der Waals surface area contributed by atoms with Crippen LogP contribution >= 0.6 is 11.8 Å². The van der Waals surface area contributed by atoms with Crippen molar-refractivity contribution in [3.63, 3.8) is 0 Å². The first-order chi connectivity index (χ1) is 11.8. The second kappa shape index (κ2) is 8.02. The number of amides is 2. The number of nitrogens with zero attached hydrogens (tertiary/aromatic N) is 1. The van der Waals surface area contributed by atoms with Crippen molar-refractivity contribution >= 4 is 29.4 Å². The van der Waals surface area contributed by atoms with Gasteiger partial charge in [0.2, 0.25) is 0 Å². The molecule has 0 radical (unpaired) electrons. The lowest BCUT2D eigenvalue weighted by molar-refractivity contribution is -0.385. The van der Waals surface area contributed by atoms with E-state index in [0.717, 1.165) is 0 Å². The lowest BCUT2D eigenvalue weighted by atomic mass is 9.94. The highest BCUT2D eigenvalue weighted by molar-refractivity contribution is 7.98. The predicted molar refractivity (Wildman–Crippen MR) is 94.3 cm³/mol. The maximum atomic E-state index is 12.4. The molecule has 0 saturated carbocycles. The summed E-state index contributed by atoms with van der Waals surface area (Å²) in [7, 11) is 0. The first-order valence-corrected chi connectivity index (χ1v) is 8.93. The van der Waals surface area contributed by atoms with Crippen LogP contribution in [0.3, 0.4) is 0 Å². The van der Waals surface area contributed by atoms with Gasteiger partial charge in [0.25, 0.3) is 5.69 Å². The fourth-order valence-electron chi connectivity index (χ4n) is 2.51. The van der Waals surface area contributed by atoms with Crippen molar-refractivity contribution in [2.24, 2.45) is 0 Å². The molecule has 2 N–H and O–H groups in total. The number of nitro benzene ring substituents is 1. The molecule has 1 heterocycles. The third kappa shape index (κ3) is 4.30. The van der Waals surface area contributed by atoms with Crippen molar-refractivity contribution in [1.29, 1.82) is 0 Å². The maximum Gasteiger partial charge on any atom is 0.338 e. The Morgan fingerprint density at radius 3 is 2.76 bits per heavy atom. The van der Waals surface area contributed by atoms with Crippen molar-refractivity contribution in [3.8, 4) is 0 Å². The Labute approximate surface area is 149 Å². The number of rotatable bonds is 6. The third-order valence-corrected chi connectivity index (χ3v) is 4.35. The van der Waals surface area contributed by atoms with Crippen LogP contribution in [0.5, 0.6) is 0 Å². The van der Waals surface area contributed by atoms with Crippen molar-refractivity contribution in [2.45, 2.75) is 19.9 Å². The molecule has 1 aromatic carbocycles. The zero-order chi connectivity index (χ0) is 18.6. The van der Waals surface area contributed by atoms with Crippen molar-refractivity contribution in [2.75, 3.05) is 18.6 Å². The average molecular weight is 365 g/mol. The Morgan fingerprint density at radius 1 is 1.40 bits per heavy atom. The largest absolute Gasteiger partial charge is 0.461 e. The molecule has 25 heavy (non-hydrogen) atoms. The van der Waals surface area contributed by atoms with Gasteiger partial charge in [-0.05, 0) is 25.7 Å². The van der Waals surface area contributed by atoms with E-state index in [2.05, 4.69) is 10.6 Å². The number of allylic oxidation sites excluding steroid dienone is 1. The van der Waals surface area contributed by atoms with E-state index in [1.54, 1.807) is 37.7 Å². The molecule has 1 atom stereocenters. The third-order valence-electron chi connectivity index (χ3n) is 3.77. The number of ether oxygens (including phenoxy) is 1. The van der Waals surface area contributed by atoms with E-state index in [1.165, 1.54) is 6.07 Å². The molecule has 1 aromatic rings. The van der Waals surface area contributed by atoms with Crippen molar-refractivity contribution in [1.82, 2.24) is 10.6 Å². The summed E-state index contributed by atoms with van der Waals surface area (Å²) in [6, 6.07) is 3.32. The molecule has 1 unspecified atom stereocenters. The molecule has 0 saturated heterocycles. The summed E-state index contributed by atoms with van der Waals surface area (Å²) in [5.41, 5.74) is 1.48. The number of benzene rings is 1. The predicted octanol–water partition coefficient (Wildman–Crippen LogP) is 2.44. The van der Waals surface area contributed by atoms with E-state index >= 15 is 0 Å². The summed E-state index contributed by atoms with van der Waals surface area (Å²) in [5.74, 6) is 0.0886. The average Bonchev–Trinajstić information content (AvgIpc) is 2.54. The number of carbonyl (C=O) groups excluding carboxylic acids is 2.